The Kier molecular flexibility index (Phi) is 3.42. The maximum absolute atomic E-state index is 12.4. The van der Waals surface area contributed by atoms with Gasteiger partial charge >= 0.3 is 5.69 Å². The number of nitro groups is 1. The van der Waals surface area contributed by atoms with Gasteiger partial charge in [0.2, 0.25) is 0 Å². The lowest BCUT2D eigenvalue weighted by Crippen LogP contribution is -2.05. The van der Waals surface area contributed by atoms with Gasteiger partial charge in [0.15, 0.2) is 0 Å². The van der Waals surface area contributed by atoms with Crippen LogP contribution in [0, 0.1) is 21.4 Å². The predicted molar refractivity (Wildman–Crippen MR) is 46.5 cm³/mol. The zero-order chi connectivity index (χ0) is 12.3. The molecule has 0 fully saturated rings. The SMILES string of the molecule is N#Cc1c([N+](=O)[O-])cnc(C(F)F)c1CO. The summed E-state index contributed by atoms with van der Waals surface area (Å²) >= 11 is 0. The smallest absolute Gasteiger partial charge is 0.305 e. The third-order valence-corrected chi connectivity index (χ3v) is 1.87. The van der Waals surface area contributed by atoms with Crippen LogP contribution in [0.1, 0.15) is 23.2 Å². The first-order valence-corrected chi connectivity index (χ1v) is 3.98. The van der Waals surface area contributed by atoms with Crippen LogP contribution in [0.3, 0.4) is 0 Å². The van der Waals surface area contributed by atoms with Crippen LogP contribution < -0.4 is 0 Å². The molecule has 0 aliphatic rings. The molecule has 1 aromatic rings. The van der Waals surface area contributed by atoms with Gasteiger partial charge < -0.3 is 5.11 Å². The van der Waals surface area contributed by atoms with Gasteiger partial charge in [-0.3, -0.25) is 10.1 Å². The molecule has 0 unspecified atom stereocenters. The standard InChI is InChI=1S/C8H5F2N3O3/c9-8(10)7-5(3-14)4(1-11)6(2-12-7)13(15)16/h2,8,14H,3H2. The summed E-state index contributed by atoms with van der Waals surface area (Å²) in [5.41, 5.74) is -2.61. The largest absolute Gasteiger partial charge is 0.392 e. The molecular formula is C8H5F2N3O3. The Labute approximate surface area is 87.9 Å². The number of rotatable bonds is 3. The highest BCUT2D eigenvalue weighted by molar-refractivity contribution is 5.53. The van der Waals surface area contributed by atoms with Crippen molar-refractivity contribution >= 4 is 5.69 Å². The minimum absolute atomic E-state index is 0.508. The molecule has 1 heterocycles. The van der Waals surface area contributed by atoms with E-state index in [1.165, 1.54) is 6.07 Å². The van der Waals surface area contributed by atoms with Crippen molar-refractivity contribution in [1.29, 1.82) is 5.26 Å². The minimum Gasteiger partial charge on any atom is -0.392 e. The van der Waals surface area contributed by atoms with Crippen LogP contribution in [-0.4, -0.2) is 15.0 Å². The lowest BCUT2D eigenvalue weighted by atomic mass is 10.1. The van der Waals surface area contributed by atoms with E-state index in [9.17, 15) is 18.9 Å². The number of aliphatic hydroxyl groups excluding tert-OH is 1. The van der Waals surface area contributed by atoms with Crippen LogP contribution in [-0.2, 0) is 6.61 Å². The fraction of sp³-hybridized carbons (Fsp3) is 0.250. The Morgan fingerprint density at radius 3 is 2.69 bits per heavy atom. The van der Waals surface area contributed by atoms with Crippen molar-refractivity contribution in [3.8, 4) is 6.07 Å². The van der Waals surface area contributed by atoms with Gasteiger partial charge in [0.25, 0.3) is 6.43 Å². The van der Waals surface area contributed by atoms with E-state index in [4.69, 9.17) is 10.4 Å². The molecule has 0 aliphatic carbocycles. The molecule has 0 saturated heterocycles. The molecule has 0 saturated carbocycles. The van der Waals surface area contributed by atoms with Gasteiger partial charge in [-0.15, -0.1) is 0 Å². The molecule has 0 aliphatic heterocycles. The Hall–Kier alpha value is -2.14. The molecule has 84 valence electrons. The summed E-state index contributed by atoms with van der Waals surface area (Å²) in [5.74, 6) is 0. The Morgan fingerprint density at radius 1 is 1.69 bits per heavy atom. The third-order valence-electron chi connectivity index (χ3n) is 1.87. The number of aromatic nitrogens is 1. The highest BCUT2D eigenvalue weighted by Crippen LogP contribution is 2.28. The summed E-state index contributed by atoms with van der Waals surface area (Å²) in [5, 5.41) is 28.0. The molecule has 0 atom stereocenters. The van der Waals surface area contributed by atoms with Gasteiger partial charge in [-0.05, 0) is 0 Å². The quantitative estimate of drug-likeness (QED) is 0.621. The van der Waals surface area contributed by atoms with E-state index in [0.29, 0.717) is 6.20 Å². The first kappa shape index (κ1) is 11.9. The second-order valence-corrected chi connectivity index (χ2v) is 2.71. The summed E-state index contributed by atoms with van der Waals surface area (Å²) < 4.78 is 24.8. The monoisotopic (exact) mass is 229 g/mol. The molecule has 1 aromatic heterocycles. The second kappa shape index (κ2) is 4.59. The Balaban J connectivity index is 3.54. The molecule has 1 rings (SSSR count). The number of halogens is 2. The second-order valence-electron chi connectivity index (χ2n) is 2.71. The average molecular weight is 229 g/mol. The average Bonchev–Trinajstić information content (AvgIpc) is 2.26. The highest BCUT2D eigenvalue weighted by Gasteiger charge is 2.25. The fourth-order valence-electron chi connectivity index (χ4n) is 1.17. The van der Waals surface area contributed by atoms with Crippen molar-refractivity contribution in [2.24, 2.45) is 0 Å². The molecule has 0 aromatic carbocycles. The summed E-state index contributed by atoms with van der Waals surface area (Å²) in [4.78, 5) is 12.7. The van der Waals surface area contributed by atoms with Crippen molar-refractivity contribution < 1.29 is 18.8 Å². The highest BCUT2D eigenvalue weighted by atomic mass is 19.3. The summed E-state index contributed by atoms with van der Waals surface area (Å²) in [6, 6.07) is 1.42. The van der Waals surface area contributed by atoms with E-state index in [1.807, 2.05) is 0 Å². The normalized spacial score (nSPS) is 10.2. The lowest BCUT2D eigenvalue weighted by Gasteiger charge is -2.06. The van der Waals surface area contributed by atoms with Crippen LogP contribution >= 0.6 is 0 Å². The van der Waals surface area contributed by atoms with Crippen molar-refractivity contribution in [1.82, 2.24) is 4.98 Å². The number of alkyl halides is 2. The zero-order valence-corrected chi connectivity index (χ0v) is 7.72. The van der Waals surface area contributed by atoms with Crippen molar-refractivity contribution in [2.45, 2.75) is 13.0 Å². The topological polar surface area (TPSA) is 100 Å². The van der Waals surface area contributed by atoms with E-state index in [-0.39, 0.29) is 0 Å². The van der Waals surface area contributed by atoms with Gasteiger partial charge in [-0.1, -0.05) is 0 Å². The number of nitrogens with zero attached hydrogens (tertiary/aromatic N) is 3. The van der Waals surface area contributed by atoms with E-state index in [0.717, 1.165) is 0 Å². The van der Waals surface area contributed by atoms with Gasteiger partial charge in [0.05, 0.1) is 11.5 Å². The van der Waals surface area contributed by atoms with E-state index >= 15 is 0 Å². The number of nitriles is 1. The molecule has 0 radical (unpaired) electrons. The maximum Gasteiger partial charge on any atom is 0.305 e. The molecule has 6 nitrogen and oxygen atoms in total. The van der Waals surface area contributed by atoms with E-state index in [2.05, 4.69) is 4.98 Å². The molecule has 1 N–H and O–H groups in total. The lowest BCUT2D eigenvalue weighted by molar-refractivity contribution is -0.385. The minimum atomic E-state index is -3.00. The van der Waals surface area contributed by atoms with Crippen LogP contribution in [0.2, 0.25) is 0 Å². The zero-order valence-electron chi connectivity index (χ0n) is 7.72. The summed E-state index contributed by atoms with van der Waals surface area (Å²) in [6.07, 6.45) is -2.42. The van der Waals surface area contributed by atoms with Crippen LogP contribution in [0.15, 0.2) is 6.20 Å². The van der Waals surface area contributed by atoms with Crippen LogP contribution in [0.25, 0.3) is 0 Å². The first-order chi connectivity index (χ1) is 7.52. The van der Waals surface area contributed by atoms with E-state index < -0.39 is 40.5 Å². The van der Waals surface area contributed by atoms with Crippen LogP contribution in [0.5, 0.6) is 0 Å². The summed E-state index contributed by atoms with van der Waals surface area (Å²) in [7, 11) is 0. The maximum atomic E-state index is 12.4. The molecular weight excluding hydrogens is 224 g/mol. The van der Waals surface area contributed by atoms with Crippen LogP contribution in [0.4, 0.5) is 14.5 Å². The Morgan fingerprint density at radius 2 is 2.31 bits per heavy atom. The number of aliphatic hydroxyl groups is 1. The Bertz CT molecular complexity index is 470. The van der Waals surface area contributed by atoms with Gasteiger partial charge in [-0.2, -0.15) is 5.26 Å². The van der Waals surface area contributed by atoms with E-state index in [1.54, 1.807) is 0 Å². The third kappa shape index (κ3) is 1.94. The fourth-order valence-corrected chi connectivity index (χ4v) is 1.17. The predicted octanol–water partition coefficient (Wildman–Crippen LogP) is 1.29. The number of hydrogen-bond donors (Lipinski definition) is 1. The number of pyridine rings is 1. The van der Waals surface area contributed by atoms with Crippen molar-refractivity contribution in [2.75, 3.05) is 0 Å². The van der Waals surface area contributed by atoms with Crippen molar-refractivity contribution in [3.63, 3.8) is 0 Å². The van der Waals surface area contributed by atoms with Gasteiger partial charge in [0.1, 0.15) is 23.5 Å². The molecule has 0 amide bonds. The van der Waals surface area contributed by atoms with Gasteiger partial charge in [-0.25, -0.2) is 13.8 Å². The molecule has 0 spiro atoms. The van der Waals surface area contributed by atoms with Crippen molar-refractivity contribution in [3.05, 3.63) is 33.1 Å². The van der Waals surface area contributed by atoms with Gasteiger partial charge in [0, 0.05) is 5.56 Å². The molecule has 8 heteroatoms. The molecule has 0 bridgehead atoms. The summed E-state index contributed by atoms with van der Waals surface area (Å²) in [6.45, 7) is -0.906. The first-order valence-electron chi connectivity index (χ1n) is 3.98. The number of hydrogen-bond acceptors (Lipinski definition) is 5. The molecule has 16 heavy (non-hydrogen) atoms.